The number of allylic oxidation sites excluding steroid dienone is 1. The molecule has 1 aliphatic heterocycles. The van der Waals surface area contributed by atoms with E-state index in [1.807, 2.05) is 13.1 Å². The Morgan fingerprint density at radius 2 is 2.20 bits per heavy atom. The quantitative estimate of drug-likeness (QED) is 0.381. The summed E-state index contributed by atoms with van der Waals surface area (Å²) in [5, 5.41) is 16.2. The fourth-order valence-corrected chi connectivity index (χ4v) is 5.09. The van der Waals surface area contributed by atoms with Crippen molar-refractivity contribution in [3.63, 3.8) is 0 Å². The Labute approximate surface area is 206 Å². The first-order chi connectivity index (χ1) is 16.9. The van der Waals surface area contributed by atoms with Crippen molar-refractivity contribution in [2.45, 2.75) is 38.3 Å². The van der Waals surface area contributed by atoms with Gasteiger partial charge in [-0.15, -0.1) is 0 Å². The molecule has 0 bridgehead atoms. The molecule has 9 nitrogen and oxygen atoms in total. The van der Waals surface area contributed by atoms with Gasteiger partial charge in [-0.2, -0.15) is 10.1 Å². The number of aromatic nitrogens is 4. The van der Waals surface area contributed by atoms with Crippen molar-refractivity contribution in [3.05, 3.63) is 51.8 Å². The number of aryl methyl sites for hydroxylation is 1. The lowest BCUT2D eigenvalue weighted by molar-refractivity contribution is -0.00709. The molecule has 2 N–H and O–H groups in total. The fourth-order valence-electron chi connectivity index (χ4n) is 4.83. The largest absolute Gasteiger partial charge is 0.451 e. The maximum atomic E-state index is 13.6. The van der Waals surface area contributed by atoms with Crippen LogP contribution in [-0.4, -0.2) is 45.3 Å². The molecule has 4 aromatic rings. The molecule has 5 rings (SSSR count). The highest BCUT2D eigenvalue weighted by Gasteiger charge is 2.29. The van der Waals surface area contributed by atoms with E-state index in [1.54, 1.807) is 41.0 Å². The standard InChI is InChI=1S/C25H27ClN6O3/c1-4-18-9-17(5-6-34-18)32-22-19-7-14(15(10-27)11-28-2)8-20(26)23(19)35-24(22)21(30-25(32)33)16-12-29-31(3)13-16/h7-8,10-13,17-18,27-28H,4-6,9H2,1-3H3/b15-11+,27-10?/t17-,18-/m0/s1. The molecular formula is C25H27ClN6O3. The van der Waals surface area contributed by atoms with E-state index < -0.39 is 0 Å². The van der Waals surface area contributed by atoms with Crippen LogP contribution in [0.4, 0.5) is 0 Å². The van der Waals surface area contributed by atoms with E-state index in [4.69, 9.17) is 26.2 Å². The van der Waals surface area contributed by atoms with Crippen LogP contribution in [0.1, 0.15) is 37.8 Å². The predicted octanol–water partition coefficient (Wildman–Crippen LogP) is 4.54. The first-order valence-corrected chi connectivity index (χ1v) is 12.0. The zero-order valence-corrected chi connectivity index (χ0v) is 20.6. The highest BCUT2D eigenvalue weighted by atomic mass is 35.5. The Bertz CT molecular complexity index is 1520. The van der Waals surface area contributed by atoms with Gasteiger partial charge in [-0.1, -0.05) is 18.5 Å². The van der Waals surface area contributed by atoms with Crippen LogP contribution in [0.3, 0.4) is 0 Å². The van der Waals surface area contributed by atoms with Crippen LogP contribution in [0.15, 0.2) is 39.9 Å². The Morgan fingerprint density at radius 1 is 1.37 bits per heavy atom. The number of hydrogen-bond acceptors (Lipinski definition) is 7. The zero-order valence-electron chi connectivity index (χ0n) is 19.8. The van der Waals surface area contributed by atoms with E-state index in [2.05, 4.69) is 22.3 Å². The second kappa shape index (κ2) is 9.31. The second-order valence-corrected chi connectivity index (χ2v) is 9.15. The lowest BCUT2D eigenvalue weighted by atomic mass is 10.00. The van der Waals surface area contributed by atoms with E-state index in [9.17, 15) is 4.79 Å². The molecule has 4 heterocycles. The van der Waals surface area contributed by atoms with Crippen molar-refractivity contribution in [1.82, 2.24) is 24.6 Å². The smallest absolute Gasteiger partial charge is 0.349 e. The predicted molar refractivity (Wildman–Crippen MR) is 137 cm³/mol. The van der Waals surface area contributed by atoms with Crippen molar-refractivity contribution < 1.29 is 9.15 Å². The summed E-state index contributed by atoms with van der Waals surface area (Å²) in [5.41, 5.74) is 3.78. The van der Waals surface area contributed by atoms with Gasteiger partial charge in [0.25, 0.3) is 0 Å². The van der Waals surface area contributed by atoms with Crippen molar-refractivity contribution in [1.29, 1.82) is 5.41 Å². The SMILES string of the molecule is CC[C@H]1C[C@@H](n2c(=O)nc(-c3cnn(C)c3)c3oc4c(Cl)cc(/C(C=N)=C/NC)cc4c32)CCO1. The van der Waals surface area contributed by atoms with Gasteiger partial charge in [0.1, 0.15) is 11.2 Å². The van der Waals surface area contributed by atoms with Crippen molar-refractivity contribution >= 4 is 45.5 Å². The number of furan rings is 1. The Morgan fingerprint density at radius 3 is 2.89 bits per heavy atom. The number of benzene rings is 1. The van der Waals surface area contributed by atoms with Crippen molar-refractivity contribution in [2.75, 3.05) is 13.7 Å². The van der Waals surface area contributed by atoms with Gasteiger partial charge >= 0.3 is 5.69 Å². The monoisotopic (exact) mass is 494 g/mol. The number of nitrogens with one attached hydrogen (secondary N) is 2. The minimum absolute atomic E-state index is 0.0779. The number of ether oxygens (including phenoxy) is 1. The molecule has 0 spiro atoms. The molecule has 1 fully saturated rings. The van der Waals surface area contributed by atoms with Crippen LogP contribution in [-0.2, 0) is 11.8 Å². The number of nitrogens with zero attached hydrogens (tertiary/aromatic N) is 4. The molecule has 10 heteroatoms. The summed E-state index contributed by atoms with van der Waals surface area (Å²) < 4.78 is 15.6. The lowest BCUT2D eigenvalue weighted by Crippen LogP contribution is -2.34. The van der Waals surface area contributed by atoms with Crippen LogP contribution in [0.5, 0.6) is 0 Å². The molecule has 35 heavy (non-hydrogen) atoms. The molecule has 3 aromatic heterocycles. The van der Waals surface area contributed by atoms with Gasteiger partial charge in [-0.25, -0.2) is 4.79 Å². The third kappa shape index (κ3) is 4.04. The van der Waals surface area contributed by atoms with Gasteiger partial charge in [0.2, 0.25) is 0 Å². The average Bonchev–Trinajstić information content (AvgIpc) is 3.46. The molecule has 182 valence electrons. The minimum Gasteiger partial charge on any atom is -0.451 e. The molecule has 1 aliphatic rings. The van der Waals surface area contributed by atoms with Gasteiger partial charge in [0.05, 0.1) is 17.3 Å². The molecule has 0 saturated carbocycles. The van der Waals surface area contributed by atoms with E-state index in [-0.39, 0.29) is 17.8 Å². The normalized spacial score (nSPS) is 18.9. The van der Waals surface area contributed by atoms with Gasteiger partial charge in [0.15, 0.2) is 11.2 Å². The molecule has 0 radical (unpaired) electrons. The third-order valence-electron chi connectivity index (χ3n) is 6.51. The van der Waals surface area contributed by atoms with Crippen LogP contribution < -0.4 is 11.0 Å². The van der Waals surface area contributed by atoms with Crippen molar-refractivity contribution in [2.24, 2.45) is 7.05 Å². The topological polar surface area (TPSA) is 111 Å². The highest BCUT2D eigenvalue weighted by Crippen LogP contribution is 2.40. The minimum atomic E-state index is -0.347. The molecule has 1 saturated heterocycles. The maximum absolute atomic E-state index is 13.6. The number of rotatable bonds is 6. The Kier molecular flexibility index (Phi) is 6.21. The highest BCUT2D eigenvalue weighted by molar-refractivity contribution is 6.36. The van der Waals surface area contributed by atoms with Gasteiger partial charge < -0.3 is 19.9 Å². The van der Waals surface area contributed by atoms with E-state index in [0.717, 1.165) is 12.0 Å². The summed E-state index contributed by atoms with van der Waals surface area (Å²) in [5.74, 6) is 0. The van der Waals surface area contributed by atoms with Crippen LogP contribution in [0, 0.1) is 5.41 Å². The summed E-state index contributed by atoms with van der Waals surface area (Å²) in [6, 6.07) is 3.60. The summed E-state index contributed by atoms with van der Waals surface area (Å²) in [4.78, 5) is 18.0. The van der Waals surface area contributed by atoms with Crippen molar-refractivity contribution in [3.8, 4) is 11.3 Å². The lowest BCUT2D eigenvalue weighted by Gasteiger charge is -2.30. The maximum Gasteiger partial charge on any atom is 0.349 e. The summed E-state index contributed by atoms with van der Waals surface area (Å²) in [6.07, 6.45) is 8.81. The molecule has 2 atom stereocenters. The van der Waals surface area contributed by atoms with Gasteiger partial charge in [-0.3, -0.25) is 9.25 Å². The second-order valence-electron chi connectivity index (χ2n) is 8.74. The van der Waals surface area contributed by atoms with E-state index in [0.29, 0.717) is 63.4 Å². The number of halogens is 1. The van der Waals surface area contributed by atoms with Crippen LogP contribution >= 0.6 is 11.6 Å². The first-order valence-electron chi connectivity index (χ1n) is 11.6. The zero-order chi connectivity index (χ0) is 24.7. The Balaban J connectivity index is 1.86. The van der Waals surface area contributed by atoms with E-state index in [1.165, 1.54) is 6.21 Å². The van der Waals surface area contributed by atoms with Gasteiger partial charge in [-0.05, 0) is 37.0 Å². The summed E-state index contributed by atoms with van der Waals surface area (Å²) in [7, 11) is 3.58. The molecule has 1 aromatic carbocycles. The molecule has 0 aliphatic carbocycles. The first kappa shape index (κ1) is 23.3. The third-order valence-corrected chi connectivity index (χ3v) is 6.80. The number of hydrogen-bond donors (Lipinski definition) is 2. The fraction of sp³-hybridized carbons (Fsp3) is 0.360. The number of fused-ring (bicyclic) bond motifs is 3. The molecule has 0 amide bonds. The van der Waals surface area contributed by atoms with Crippen LogP contribution in [0.25, 0.3) is 38.9 Å². The molecular weight excluding hydrogens is 468 g/mol. The van der Waals surface area contributed by atoms with Crippen LogP contribution in [0.2, 0.25) is 5.02 Å². The average molecular weight is 495 g/mol. The van der Waals surface area contributed by atoms with E-state index >= 15 is 0 Å². The summed E-state index contributed by atoms with van der Waals surface area (Å²) in [6.45, 7) is 2.66. The Hall–Kier alpha value is -3.43. The molecule has 0 unspecified atom stereocenters. The summed E-state index contributed by atoms with van der Waals surface area (Å²) >= 11 is 6.70. The van der Waals surface area contributed by atoms with Gasteiger partial charge in [0, 0.05) is 61.9 Å².